The molecule has 0 aliphatic heterocycles. The van der Waals surface area contributed by atoms with Crippen LogP contribution >= 0.6 is 34.8 Å². The Morgan fingerprint density at radius 2 is 1.60 bits per heavy atom. The van der Waals surface area contributed by atoms with Gasteiger partial charge in [-0.1, -0.05) is 47.8 Å². The lowest BCUT2D eigenvalue weighted by Gasteiger charge is -2.14. The average molecular weight is 469 g/mol. The highest BCUT2D eigenvalue weighted by molar-refractivity contribution is 6.36. The largest absolute Gasteiger partial charge is 0.323 e. The van der Waals surface area contributed by atoms with Crippen LogP contribution in [0.25, 0.3) is 0 Å². The van der Waals surface area contributed by atoms with Gasteiger partial charge >= 0.3 is 0 Å². The molecule has 3 rings (SSSR count). The van der Waals surface area contributed by atoms with Gasteiger partial charge in [-0.2, -0.15) is 10.2 Å². The first-order chi connectivity index (χ1) is 14.1. The summed E-state index contributed by atoms with van der Waals surface area (Å²) in [6, 6.07) is 5.40. The van der Waals surface area contributed by atoms with Crippen molar-refractivity contribution in [1.82, 2.24) is 19.6 Å². The van der Waals surface area contributed by atoms with Crippen LogP contribution in [-0.2, 0) is 17.9 Å². The number of halogens is 3. The third-order valence-electron chi connectivity index (χ3n) is 5.19. The molecule has 1 aromatic carbocycles. The number of rotatable bonds is 6. The van der Waals surface area contributed by atoms with Gasteiger partial charge in [-0.25, -0.2) is 0 Å². The molecule has 9 heteroatoms. The topological polar surface area (TPSA) is 64.7 Å². The summed E-state index contributed by atoms with van der Waals surface area (Å²) in [7, 11) is 0. The summed E-state index contributed by atoms with van der Waals surface area (Å²) in [6.45, 7) is 10.2. The van der Waals surface area contributed by atoms with Gasteiger partial charge in [-0.3, -0.25) is 14.2 Å². The Morgan fingerprint density at radius 1 is 1.00 bits per heavy atom. The Labute approximate surface area is 191 Å². The number of aromatic nitrogens is 4. The van der Waals surface area contributed by atoms with Gasteiger partial charge in [-0.15, -0.1) is 0 Å². The number of benzene rings is 1. The standard InChI is InChI=1S/C21H24Cl3N5O/c1-11(9-28-14(4)19(24)12(2)26-28)21(30)25-20-13(3)27-29(15(20)5)10-16-17(22)7-6-8-18(16)23/h6-8,11H,9-10H2,1-5H3,(H,25,30). The van der Waals surface area contributed by atoms with Crippen LogP contribution in [-0.4, -0.2) is 25.5 Å². The number of anilines is 1. The zero-order valence-corrected chi connectivity index (χ0v) is 19.8. The first-order valence-corrected chi connectivity index (χ1v) is 10.7. The summed E-state index contributed by atoms with van der Waals surface area (Å²) in [5, 5.41) is 13.8. The van der Waals surface area contributed by atoms with E-state index in [2.05, 4.69) is 15.5 Å². The van der Waals surface area contributed by atoms with Crippen LogP contribution in [0, 0.1) is 33.6 Å². The highest BCUT2D eigenvalue weighted by Crippen LogP contribution is 2.28. The third-order valence-corrected chi connectivity index (χ3v) is 6.44. The summed E-state index contributed by atoms with van der Waals surface area (Å²) < 4.78 is 3.56. The third kappa shape index (κ3) is 4.51. The normalized spacial score (nSPS) is 12.3. The van der Waals surface area contributed by atoms with Gasteiger partial charge in [-0.05, 0) is 39.8 Å². The molecule has 0 radical (unpaired) electrons. The van der Waals surface area contributed by atoms with Crippen LogP contribution in [0.3, 0.4) is 0 Å². The second-order valence-corrected chi connectivity index (χ2v) is 8.65. The van der Waals surface area contributed by atoms with Gasteiger partial charge in [0, 0.05) is 15.6 Å². The molecule has 0 spiro atoms. The molecule has 1 amide bonds. The second-order valence-electron chi connectivity index (χ2n) is 7.46. The van der Waals surface area contributed by atoms with Crippen LogP contribution in [0.4, 0.5) is 5.69 Å². The first-order valence-electron chi connectivity index (χ1n) is 9.57. The number of nitrogens with zero attached hydrogens (tertiary/aromatic N) is 4. The quantitative estimate of drug-likeness (QED) is 0.512. The predicted octanol–water partition coefficient (Wildman–Crippen LogP) is 5.60. The van der Waals surface area contributed by atoms with E-state index in [0.29, 0.717) is 33.8 Å². The molecule has 1 atom stereocenters. The lowest BCUT2D eigenvalue weighted by molar-refractivity contribution is -0.119. The maximum absolute atomic E-state index is 12.8. The predicted molar refractivity (Wildman–Crippen MR) is 122 cm³/mol. The van der Waals surface area contributed by atoms with E-state index < -0.39 is 0 Å². The number of aryl methyl sites for hydroxylation is 2. The highest BCUT2D eigenvalue weighted by Gasteiger charge is 2.21. The average Bonchev–Trinajstić information content (AvgIpc) is 3.09. The lowest BCUT2D eigenvalue weighted by atomic mass is 10.1. The molecule has 0 bridgehead atoms. The molecular formula is C21H24Cl3N5O. The molecule has 1 N–H and O–H groups in total. The van der Waals surface area contributed by atoms with Crippen LogP contribution in [0.15, 0.2) is 18.2 Å². The van der Waals surface area contributed by atoms with Crippen LogP contribution in [0.2, 0.25) is 15.1 Å². The zero-order chi connectivity index (χ0) is 22.2. The summed E-state index contributed by atoms with van der Waals surface area (Å²) in [6.07, 6.45) is 0. The molecule has 0 aliphatic rings. The summed E-state index contributed by atoms with van der Waals surface area (Å²) in [5.41, 5.74) is 4.66. The zero-order valence-electron chi connectivity index (χ0n) is 17.6. The molecule has 0 saturated carbocycles. The minimum absolute atomic E-state index is 0.111. The van der Waals surface area contributed by atoms with E-state index in [1.165, 1.54) is 0 Å². The number of amides is 1. The minimum Gasteiger partial charge on any atom is -0.323 e. The molecule has 0 fully saturated rings. The molecule has 0 saturated heterocycles. The van der Waals surface area contributed by atoms with Gasteiger partial charge in [0.15, 0.2) is 0 Å². The Bertz CT molecular complexity index is 1080. The molecule has 2 heterocycles. The molecule has 6 nitrogen and oxygen atoms in total. The molecule has 30 heavy (non-hydrogen) atoms. The van der Waals surface area contributed by atoms with Crippen LogP contribution < -0.4 is 5.32 Å². The Balaban J connectivity index is 1.76. The van der Waals surface area contributed by atoms with Crippen LogP contribution in [0.5, 0.6) is 0 Å². The molecule has 3 aromatic rings. The van der Waals surface area contributed by atoms with Crippen molar-refractivity contribution in [3.05, 3.63) is 61.6 Å². The Hall–Kier alpha value is -2.02. The Kier molecular flexibility index (Phi) is 6.80. The molecule has 160 valence electrons. The monoisotopic (exact) mass is 467 g/mol. The van der Waals surface area contributed by atoms with Crippen molar-refractivity contribution in [1.29, 1.82) is 0 Å². The first kappa shape index (κ1) is 22.7. The van der Waals surface area contributed by atoms with Crippen molar-refractivity contribution in [3.63, 3.8) is 0 Å². The van der Waals surface area contributed by atoms with Crippen LogP contribution in [0.1, 0.15) is 35.3 Å². The molecule has 2 aromatic heterocycles. The van der Waals surface area contributed by atoms with Crippen molar-refractivity contribution in [2.75, 3.05) is 5.32 Å². The summed E-state index contributed by atoms with van der Waals surface area (Å²) in [5.74, 6) is -0.417. The SMILES string of the molecule is Cc1nn(CC(C)C(=O)Nc2c(C)nn(Cc3c(Cl)cccc3Cl)c2C)c(C)c1Cl. The van der Waals surface area contributed by atoms with Crippen molar-refractivity contribution < 1.29 is 4.79 Å². The maximum Gasteiger partial charge on any atom is 0.229 e. The lowest BCUT2D eigenvalue weighted by Crippen LogP contribution is -2.25. The summed E-state index contributed by atoms with van der Waals surface area (Å²) >= 11 is 18.8. The van der Waals surface area contributed by atoms with Gasteiger partial charge in [0.1, 0.15) is 0 Å². The van der Waals surface area contributed by atoms with E-state index in [1.807, 2.05) is 34.6 Å². The smallest absolute Gasteiger partial charge is 0.229 e. The van der Waals surface area contributed by atoms with Gasteiger partial charge in [0.2, 0.25) is 5.91 Å². The fraction of sp³-hybridized carbons (Fsp3) is 0.381. The van der Waals surface area contributed by atoms with Crippen molar-refractivity contribution in [3.8, 4) is 0 Å². The fourth-order valence-electron chi connectivity index (χ4n) is 3.31. The van der Waals surface area contributed by atoms with Gasteiger partial charge < -0.3 is 5.32 Å². The van der Waals surface area contributed by atoms with Crippen molar-refractivity contribution in [2.24, 2.45) is 5.92 Å². The fourth-order valence-corrected chi connectivity index (χ4v) is 3.96. The van der Waals surface area contributed by atoms with Gasteiger partial charge in [0.25, 0.3) is 0 Å². The maximum atomic E-state index is 12.8. The van der Waals surface area contributed by atoms with E-state index in [9.17, 15) is 4.79 Å². The number of nitrogens with one attached hydrogen (secondary N) is 1. The molecular weight excluding hydrogens is 445 g/mol. The van der Waals surface area contributed by atoms with E-state index in [-0.39, 0.29) is 11.8 Å². The van der Waals surface area contributed by atoms with Crippen molar-refractivity contribution in [2.45, 2.75) is 47.7 Å². The number of carbonyl (C=O) groups excluding carboxylic acids is 1. The van der Waals surface area contributed by atoms with E-state index >= 15 is 0 Å². The Morgan fingerprint density at radius 3 is 2.17 bits per heavy atom. The van der Waals surface area contributed by atoms with E-state index in [4.69, 9.17) is 34.8 Å². The highest BCUT2D eigenvalue weighted by atomic mass is 35.5. The van der Waals surface area contributed by atoms with E-state index in [1.54, 1.807) is 27.6 Å². The summed E-state index contributed by atoms with van der Waals surface area (Å²) in [4.78, 5) is 12.8. The molecule has 0 aliphatic carbocycles. The molecule has 1 unspecified atom stereocenters. The second kappa shape index (κ2) is 9.00. The van der Waals surface area contributed by atoms with Crippen molar-refractivity contribution >= 4 is 46.4 Å². The number of hydrogen-bond acceptors (Lipinski definition) is 3. The van der Waals surface area contributed by atoms with Gasteiger partial charge in [0.05, 0.1) is 52.5 Å². The number of hydrogen-bond donors (Lipinski definition) is 1. The van der Waals surface area contributed by atoms with E-state index in [0.717, 1.165) is 28.3 Å². The number of carbonyl (C=O) groups is 1. The minimum atomic E-state index is -0.306.